The summed E-state index contributed by atoms with van der Waals surface area (Å²) in [6, 6.07) is 9.56. The maximum absolute atomic E-state index is 12.2. The molecule has 0 saturated heterocycles. The summed E-state index contributed by atoms with van der Waals surface area (Å²) in [5.74, 6) is -0.108. The predicted molar refractivity (Wildman–Crippen MR) is 87.5 cm³/mol. The molecule has 1 N–H and O–H groups in total. The Kier molecular flexibility index (Phi) is 3.95. The summed E-state index contributed by atoms with van der Waals surface area (Å²) >= 11 is 6.35. The molecule has 3 aromatic rings. The van der Waals surface area contributed by atoms with Gasteiger partial charge in [-0.3, -0.25) is 4.79 Å². The molecule has 0 unspecified atom stereocenters. The maximum atomic E-state index is 12.2. The van der Waals surface area contributed by atoms with Gasteiger partial charge in [0.2, 0.25) is 0 Å². The zero-order chi connectivity index (χ0) is 13.9. The molecule has 2 aromatic heterocycles. The molecule has 0 atom stereocenters. The van der Waals surface area contributed by atoms with E-state index in [9.17, 15) is 4.79 Å². The zero-order valence-corrected chi connectivity index (χ0v) is 13.4. The largest absolute Gasteiger partial charge is 0.321 e. The molecule has 3 rings (SSSR count). The minimum Gasteiger partial charge on any atom is -0.321 e. The lowest BCUT2D eigenvalue weighted by atomic mass is 10.2. The number of nitrogens with zero attached hydrogens (tertiary/aromatic N) is 1. The van der Waals surface area contributed by atoms with Crippen LogP contribution in [0.2, 0.25) is 0 Å². The Morgan fingerprint density at radius 3 is 2.80 bits per heavy atom. The third kappa shape index (κ3) is 2.82. The van der Waals surface area contributed by atoms with Gasteiger partial charge in [0.25, 0.3) is 5.91 Å². The van der Waals surface area contributed by atoms with Gasteiger partial charge in [-0.1, -0.05) is 12.1 Å². The second kappa shape index (κ2) is 5.87. The standard InChI is InChI=1S/C14H9BrN2OS2/c15-11-4-6-19-12(11)13(18)17-10-3-1-2-9(8-10)14-16-5-7-20-14/h1-8H,(H,17,18). The number of amides is 1. The Morgan fingerprint density at radius 2 is 2.10 bits per heavy atom. The molecule has 3 nitrogen and oxygen atoms in total. The first-order valence-corrected chi connectivity index (χ1v) is 8.33. The number of halogens is 1. The molecule has 0 aliphatic rings. The quantitative estimate of drug-likeness (QED) is 0.718. The lowest BCUT2D eigenvalue weighted by Gasteiger charge is -2.05. The number of anilines is 1. The number of thiophene rings is 1. The third-order valence-corrected chi connectivity index (χ3v) is 5.28. The number of hydrogen-bond donors (Lipinski definition) is 1. The minimum absolute atomic E-state index is 0.108. The van der Waals surface area contributed by atoms with Crippen molar-refractivity contribution in [3.05, 3.63) is 56.6 Å². The van der Waals surface area contributed by atoms with Crippen LogP contribution in [0.5, 0.6) is 0 Å². The van der Waals surface area contributed by atoms with E-state index in [-0.39, 0.29) is 5.91 Å². The number of rotatable bonds is 3. The second-order valence-electron chi connectivity index (χ2n) is 3.97. The summed E-state index contributed by atoms with van der Waals surface area (Å²) in [4.78, 5) is 17.1. The summed E-state index contributed by atoms with van der Waals surface area (Å²) in [6.45, 7) is 0. The van der Waals surface area contributed by atoms with Crippen LogP contribution in [0.25, 0.3) is 10.6 Å². The highest BCUT2D eigenvalue weighted by molar-refractivity contribution is 9.10. The highest BCUT2D eigenvalue weighted by Gasteiger charge is 2.12. The van der Waals surface area contributed by atoms with E-state index in [2.05, 4.69) is 26.2 Å². The molecule has 0 aliphatic carbocycles. The Morgan fingerprint density at radius 1 is 1.20 bits per heavy atom. The highest BCUT2D eigenvalue weighted by Crippen LogP contribution is 2.26. The first-order valence-electron chi connectivity index (χ1n) is 5.78. The molecule has 2 heterocycles. The Hall–Kier alpha value is -1.50. The van der Waals surface area contributed by atoms with E-state index in [1.165, 1.54) is 11.3 Å². The summed E-state index contributed by atoms with van der Waals surface area (Å²) in [5.41, 5.74) is 1.77. The molecule has 0 saturated carbocycles. The lowest BCUT2D eigenvalue weighted by Crippen LogP contribution is -2.10. The predicted octanol–water partition coefficient (Wildman–Crippen LogP) is 4.89. The fourth-order valence-corrected chi connectivity index (χ4v) is 3.82. The van der Waals surface area contributed by atoms with Crippen LogP contribution in [0.1, 0.15) is 9.67 Å². The van der Waals surface area contributed by atoms with E-state index in [4.69, 9.17) is 0 Å². The SMILES string of the molecule is O=C(Nc1cccc(-c2nccs2)c1)c1sccc1Br. The molecular weight excluding hydrogens is 356 g/mol. The van der Waals surface area contributed by atoms with Crippen LogP contribution in [0, 0.1) is 0 Å². The van der Waals surface area contributed by atoms with Crippen molar-refractivity contribution in [3.63, 3.8) is 0 Å². The van der Waals surface area contributed by atoms with E-state index in [1.54, 1.807) is 17.5 Å². The molecule has 1 aromatic carbocycles. The van der Waals surface area contributed by atoms with Gasteiger partial charge in [0.05, 0.1) is 0 Å². The Bertz CT molecular complexity index is 737. The van der Waals surface area contributed by atoms with Crippen molar-refractivity contribution in [2.45, 2.75) is 0 Å². The van der Waals surface area contributed by atoms with Gasteiger partial charge in [-0.15, -0.1) is 22.7 Å². The highest BCUT2D eigenvalue weighted by atomic mass is 79.9. The van der Waals surface area contributed by atoms with Crippen LogP contribution < -0.4 is 5.32 Å². The van der Waals surface area contributed by atoms with Crippen LogP contribution in [-0.4, -0.2) is 10.9 Å². The summed E-state index contributed by atoms with van der Waals surface area (Å²) in [7, 11) is 0. The smallest absolute Gasteiger partial charge is 0.266 e. The monoisotopic (exact) mass is 364 g/mol. The second-order valence-corrected chi connectivity index (χ2v) is 6.63. The van der Waals surface area contributed by atoms with Gasteiger partial charge in [-0.2, -0.15) is 0 Å². The van der Waals surface area contributed by atoms with Crippen LogP contribution in [-0.2, 0) is 0 Å². The third-order valence-electron chi connectivity index (χ3n) is 2.62. The van der Waals surface area contributed by atoms with Crippen LogP contribution >= 0.6 is 38.6 Å². The van der Waals surface area contributed by atoms with Gasteiger partial charge in [-0.25, -0.2) is 4.98 Å². The van der Waals surface area contributed by atoms with E-state index in [1.807, 2.05) is 41.1 Å². The first-order chi connectivity index (χ1) is 9.74. The molecule has 20 heavy (non-hydrogen) atoms. The first kappa shape index (κ1) is 13.5. The fourth-order valence-electron chi connectivity index (χ4n) is 1.74. The van der Waals surface area contributed by atoms with Gasteiger partial charge in [0.15, 0.2) is 0 Å². The molecular formula is C14H9BrN2OS2. The van der Waals surface area contributed by atoms with Gasteiger partial charge < -0.3 is 5.32 Å². The Balaban J connectivity index is 1.83. The van der Waals surface area contributed by atoms with Gasteiger partial charge in [-0.05, 0) is 39.5 Å². The van der Waals surface area contributed by atoms with E-state index < -0.39 is 0 Å². The zero-order valence-electron chi connectivity index (χ0n) is 10.2. The lowest BCUT2D eigenvalue weighted by molar-refractivity contribution is 0.103. The molecule has 0 bridgehead atoms. The number of benzene rings is 1. The number of aromatic nitrogens is 1. The fraction of sp³-hybridized carbons (Fsp3) is 0. The number of carbonyl (C=O) groups excluding carboxylic acids is 1. The van der Waals surface area contributed by atoms with E-state index >= 15 is 0 Å². The van der Waals surface area contributed by atoms with E-state index in [0.29, 0.717) is 4.88 Å². The van der Waals surface area contributed by atoms with Gasteiger partial charge >= 0.3 is 0 Å². The van der Waals surface area contributed by atoms with Crippen molar-refractivity contribution in [1.82, 2.24) is 4.98 Å². The normalized spacial score (nSPS) is 10.4. The van der Waals surface area contributed by atoms with Gasteiger partial charge in [0.1, 0.15) is 9.88 Å². The molecule has 1 amide bonds. The topological polar surface area (TPSA) is 42.0 Å². The van der Waals surface area contributed by atoms with Crippen molar-refractivity contribution in [2.24, 2.45) is 0 Å². The summed E-state index contributed by atoms with van der Waals surface area (Å²) < 4.78 is 0.816. The summed E-state index contributed by atoms with van der Waals surface area (Å²) in [5, 5.41) is 7.66. The number of nitrogens with one attached hydrogen (secondary N) is 1. The van der Waals surface area contributed by atoms with Gasteiger partial charge in [0, 0.05) is 27.3 Å². The van der Waals surface area contributed by atoms with Crippen molar-refractivity contribution in [2.75, 3.05) is 5.32 Å². The number of thiazole rings is 1. The average molecular weight is 365 g/mol. The van der Waals surface area contributed by atoms with Crippen molar-refractivity contribution in [3.8, 4) is 10.6 Å². The molecule has 0 fully saturated rings. The molecule has 100 valence electrons. The number of hydrogen-bond acceptors (Lipinski definition) is 4. The van der Waals surface area contributed by atoms with Crippen molar-refractivity contribution < 1.29 is 4.79 Å². The van der Waals surface area contributed by atoms with Crippen LogP contribution in [0.4, 0.5) is 5.69 Å². The molecule has 0 radical (unpaired) electrons. The van der Waals surface area contributed by atoms with Crippen LogP contribution in [0.3, 0.4) is 0 Å². The van der Waals surface area contributed by atoms with Crippen molar-refractivity contribution in [1.29, 1.82) is 0 Å². The maximum Gasteiger partial charge on any atom is 0.266 e. The molecule has 0 aliphatic heterocycles. The Labute approximate surface area is 132 Å². The molecule has 6 heteroatoms. The molecule has 0 spiro atoms. The summed E-state index contributed by atoms with van der Waals surface area (Å²) in [6.07, 6.45) is 1.77. The van der Waals surface area contributed by atoms with Crippen molar-refractivity contribution >= 4 is 50.2 Å². The minimum atomic E-state index is -0.108. The number of carbonyl (C=O) groups is 1. The van der Waals surface area contributed by atoms with Crippen LogP contribution in [0.15, 0.2) is 51.8 Å². The average Bonchev–Trinajstić information content (AvgIpc) is 3.09. The van der Waals surface area contributed by atoms with E-state index in [0.717, 1.165) is 20.7 Å².